The average molecular weight is 312 g/mol. The van der Waals surface area contributed by atoms with E-state index in [0.717, 1.165) is 18.5 Å². The van der Waals surface area contributed by atoms with Gasteiger partial charge < -0.3 is 10.6 Å². The van der Waals surface area contributed by atoms with Crippen molar-refractivity contribution >= 4 is 11.8 Å². The van der Waals surface area contributed by atoms with E-state index in [0.29, 0.717) is 25.2 Å². The van der Waals surface area contributed by atoms with E-state index in [1.165, 1.54) is 0 Å². The molecular formula is C17H20N4O2. The fourth-order valence-corrected chi connectivity index (χ4v) is 3.03. The summed E-state index contributed by atoms with van der Waals surface area (Å²) in [5, 5.41) is 0. The number of rotatable bonds is 4. The van der Waals surface area contributed by atoms with Crippen LogP contribution < -0.4 is 5.73 Å². The second-order valence-corrected chi connectivity index (χ2v) is 5.89. The lowest BCUT2D eigenvalue weighted by atomic mass is 9.93. The van der Waals surface area contributed by atoms with Crippen molar-refractivity contribution in [2.24, 2.45) is 11.7 Å². The molecule has 2 aromatic rings. The number of carbonyl (C=O) groups is 2. The van der Waals surface area contributed by atoms with Crippen LogP contribution in [0.25, 0.3) is 5.69 Å². The Hall–Kier alpha value is -2.63. The zero-order chi connectivity index (χ0) is 16.2. The van der Waals surface area contributed by atoms with E-state index in [9.17, 15) is 9.59 Å². The van der Waals surface area contributed by atoms with Crippen molar-refractivity contribution in [2.75, 3.05) is 13.1 Å². The van der Waals surface area contributed by atoms with E-state index in [2.05, 4.69) is 4.98 Å². The van der Waals surface area contributed by atoms with Crippen LogP contribution in [0.1, 0.15) is 29.8 Å². The van der Waals surface area contributed by atoms with Gasteiger partial charge in [0.2, 0.25) is 5.91 Å². The van der Waals surface area contributed by atoms with Crippen LogP contribution in [0.5, 0.6) is 0 Å². The molecule has 0 aliphatic carbocycles. The third-order valence-corrected chi connectivity index (χ3v) is 4.28. The maximum Gasteiger partial charge on any atom is 0.272 e. The molecule has 0 radical (unpaired) electrons. The minimum absolute atomic E-state index is 0.0242. The molecule has 1 saturated heterocycles. The number of primary amides is 1. The molecule has 0 bridgehead atoms. The van der Waals surface area contributed by atoms with Gasteiger partial charge in [-0.1, -0.05) is 18.2 Å². The highest BCUT2D eigenvalue weighted by Crippen LogP contribution is 2.22. The topological polar surface area (TPSA) is 81.2 Å². The van der Waals surface area contributed by atoms with Crippen LogP contribution in [0.15, 0.2) is 42.9 Å². The predicted octanol–water partition coefficient (Wildman–Crippen LogP) is 1.60. The first kappa shape index (κ1) is 15.3. The fraction of sp³-hybridized carbons (Fsp3) is 0.353. The van der Waals surface area contributed by atoms with Crippen LogP contribution in [0.3, 0.4) is 0 Å². The number of benzene rings is 1. The van der Waals surface area contributed by atoms with Crippen molar-refractivity contribution in [3.8, 4) is 5.69 Å². The minimum Gasteiger partial charge on any atom is -0.370 e. The summed E-state index contributed by atoms with van der Waals surface area (Å²) in [6.07, 6.45) is 5.29. The Labute approximate surface area is 134 Å². The van der Waals surface area contributed by atoms with Crippen molar-refractivity contribution in [3.05, 3.63) is 48.5 Å². The first-order chi connectivity index (χ1) is 11.1. The summed E-state index contributed by atoms with van der Waals surface area (Å²) in [5.41, 5.74) is 6.72. The van der Waals surface area contributed by atoms with Gasteiger partial charge in [0.15, 0.2) is 0 Å². The highest BCUT2D eigenvalue weighted by atomic mass is 16.2. The zero-order valence-corrected chi connectivity index (χ0v) is 12.9. The van der Waals surface area contributed by atoms with E-state index in [-0.39, 0.29) is 17.7 Å². The Morgan fingerprint density at radius 1 is 1.17 bits per heavy atom. The van der Waals surface area contributed by atoms with Crippen LogP contribution in [-0.2, 0) is 4.79 Å². The Bertz CT molecular complexity index is 688. The smallest absolute Gasteiger partial charge is 0.272 e. The average Bonchev–Trinajstić information content (AvgIpc) is 3.05. The third kappa shape index (κ3) is 3.41. The molecule has 2 N–H and O–H groups in total. The number of aromatic nitrogens is 2. The molecule has 1 aromatic carbocycles. The van der Waals surface area contributed by atoms with Gasteiger partial charge in [0.05, 0.1) is 12.5 Å². The van der Waals surface area contributed by atoms with E-state index < -0.39 is 0 Å². The minimum atomic E-state index is -0.267. The van der Waals surface area contributed by atoms with Crippen molar-refractivity contribution in [1.29, 1.82) is 0 Å². The number of para-hydroxylation sites is 1. The summed E-state index contributed by atoms with van der Waals surface area (Å²) in [7, 11) is 0. The van der Waals surface area contributed by atoms with Gasteiger partial charge in [-0.3, -0.25) is 14.2 Å². The van der Waals surface area contributed by atoms with Crippen LogP contribution in [0.2, 0.25) is 0 Å². The summed E-state index contributed by atoms with van der Waals surface area (Å²) in [6, 6.07) is 9.68. The molecule has 0 saturated carbocycles. The summed E-state index contributed by atoms with van der Waals surface area (Å²) in [4.78, 5) is 29.7. The SMILES string of the molecule is NC(=O)CC1CCN(C(=O)c2cncn2-c2ccccc2)CC1. The summed E-state index contributed by atoms with van der Waals surface area (Å²) >= 11 is 0. The lowest BCUT2D eigenvalue weighted by Crippen LogP contribution is -2.40. The molecule has 1 aromatic heterocycles. The van der Waals surface area contributed by atoms with Gasteiger partial charge >= 0.3 is 0 Å². The number of imidazole rings is 1. The van der Waals surface area contributed by atoms with Gasteiger partial charge in [-0.15, -0.1) is 0 Å². The summed E-state index contributed by atoms with van der Waals surface area (Å²) in [6.45, 7) is 1.30. The molecule has 2 amide bonds. The highest BCUT2D eigenvalue weighted by molar-refractivity contribution is 5.93. The number of likely N-dealkylation sites (tertiary alicyclic amines) is 1. The molecule has 0 unspecified atom stereocenters. The first-order valence-electron chi connectivity index (χ1n) is 7.80. The largest absolute Gasteiger partial charge is 0.370 e. The monoisotopic (exact) mass is 312 g/mol. The van der Waals surface area contributed by atoms with Crippen molar-refractivity contribution in [3.63, 3.8) is 0 Å². The van der Waals surface area contributed by atoms with E-state index >= 15 is 0 Å². The van der Waals surface area contributed by atoms with E-state index in [1.807, 2.05) is 35.2 Å². The molecule has 1 aliphatic rings. The van der Waals surface area contributed by atoms with Gasteiger partial charge in [-0.2, -0.15) is 0 Å². The molecule has 2 heterocycles. The Balaban J connectivity index is 1.71. The predicted molar refractivity (Wildman–Crippen MR) is 86.0 cm³/mol. The Morgan fingerprint density at radius 3 is 2.52 bits per heavy atom. The molecule has 1 fully saturated rings. The van der Waals surface area contributed by atoms with Crippen LogP contribution >= 0.6 is 0 Å². The van der Waals surface area contributed by atoms with Crippen LogP contribution in [-0.4, -0.2) is 39.4 Å². The van der Waals surface area contributed by atoms with E-state index in [4.69, 9.17) is 5.73 Å². The van der Waals surface area contributed by atoms with Crippen molar-refractivity contribution in [2.45, 2.75) is 19.3 Å². The van der Waals surface area contributed by atoms with Crippen LogP contribution in [0, 0.1) is 5.92 Å². The first-order valence-corrected chi connectivity index (χ1v) is 7.80. The Kier molecular flexibility index (Phi) is 4.41. The van der Waals surface area contributed by atoms with Gasteiger partial charge in [0, 0.05) is 25.2 Å². The van der Waals surface area contributed by atoms with Crippen molar-refractivity contribution < 1.29 is 9.59 Å². The quantitative estimate of drug-likeness (QED) is 0.931. The maximum atomic E-state index is 12.8. The fourth-order valence-electron chi connectivity index (χ4n) is 3.03. The number of hydrogen-bond acceptors (Lipinski definition) is 3. The van der Waals surface area contributed by atoms with Crippen LogP contribution in [0.4, 0.5) is 0 Å². The zero-order valence-electron chi connectivity index (χ0n) is 12.9. The number of piperidine rings is 1. The number of amides is 2. The molecule has 23 heavy (non-hydrogen) atoms. The third-order valence-electron chi connectivity index (χ3n) is 4.28. The molecular weight excluding hydrogens is 292 g/mol. The van der Waals surface area contributed by atoms with Gasteiger partial charge in [-0.25, -0.2) is 4.98 Å². The molecule has 3 rings (SSSR count). The summed E-state index contributed by atoms with van der Waals surface area (Å²) < 4.78 is 1.80. The standard InChI is InChI=1S/C17H20N4O2/c18-16(22)10-13-6-8-20(9-7-13)17(23)15-11-19-12-21(15)14-4-2-1-3-5-14/h1-5,11-13H,6-10H2,(H2,18,22). The Morgan fingerprint density at radius 2 is 1.87 bits per heavy atom. The second kappa shape index (κ2) is 6.64. The lowest BCUT2D eigenvalue weighted by Gasteiger charge is -2.31. The van der Waals surface area contributed by atoms with Gasteiger partial charge in [0.25, 0.3) is 5.91 Å². The van der Waals surface area contributed by atoms with Gasteiger partial charge in [-0.05, 0) is 30.9 Å². The molecule has 6 nitrogen and oxygen atoms in total. The number of hydrogen-bond donors (Lipinski definition) is 1. The number of nitrogens with zero attached hydrogens (tertiary/aromatic N) is 3. The molecule has 1 aliphatic heterocycles. The summed E-state index contributed by atoms with van der Waals surface area (Å²) in [5.74, 6) is -0.00334. The lowest BCUT2D eigenvalue weighted by molar-refractivity contribution is -0.119. The van der Waals surface area contributed by atoms with Crippen molar-refractivity contribution in [1.82, 2.24) is 14.5 Å². The van der Waals surface area contributed by atoms with E-state index in [1.54, 1.807) is 17.1 Å². The van der Waals surface area contributed by atoms with Gasteiger partial charge in [0.1, 0.15) is 5.69 Å². The number of nitrogens with two attached hydrogens (primary N) is 1. The molecule has 120 valence electrons. The normalized spacial score (nSPS) is 15.6. The molecule has 6 heteroatoms. The highest BCUT2D eigenvalue weighted by Gasteiger charge is 2.26. The second-order valence-electron chi connectivity index (χ2n) is 5.89. The number of carbonyl (C=O) groups excluding carboxylic acids is 2. The molecule has 0 spiro atoms. The molecule has 0 atom stereocenters. The maximum absolute atomic E-state index is 12.8.